The molecule has 1 rings (SSSR count). The molecule has 0 aromatic heterocycles. The van der Waals surface area contributed by atoms with Gasteiger partial charge in [-0.25, -0.2) is 21.6 Å². The highest BCUT2D eigenvalue weighted by atomic mass is 35.7. The molecule has 1 aromatic rings. The van der Waals surface area contributed by atoms with Gasteiger partial charge in [0.05, 0.1) is 16.2 Å². The van der Waals surface area contributed by atoms with Crippen molar-refractivity contribution in [2.75, 3.05) is 6.54 Å². The van der Waals surface area contributed by atoms with Gasteiger partial charge in [0, 0.05) is 17.2 Å². The summed E-state index contributed by atoms with van der Waals surface area (Å²) in [5.74, 6) is 0. The molecule has 0 bridgehead atoms. The van der Waals surface area contributed by atoms with Crippen LogP contribution >= 0.6 is 10.7 Å². The van der Waals surface area contributed by atoms with Gasteiger partial charge in [-0.1, -0.05) is 0 Å². The van der Waals surface area contributed by atoms with E-state index in [0.29, 0.717) is 0 Å². The van der Waals surface area contributed by atoms with E-state index in [1.54, 1.807) is 4.72 Å². The van der Waals surface area contributed by atoms with Crippen LogP contribution in [-0.2, 0) is 19.1 Å². The molecule has 0 amide bonds. The molecule has 0 saturated heterocycles. The Morgan fingerprint density at radius 1 is 1.00 bits per heavy atom. The molecule has 114 valence electrons. The number of alkyl halides is 3. The van der Waals surface area contributed by atoms with Gasteiger partial charge in [-0.2, -0.15) is 13.2 Å². The summed E-state index contributed by atoms with van der Waals surface area (Å²) in [6.07, 6.45) is -5.78. The maximum absolute atomic E-state index is 11.9. The number of rotatable bonds is 5. The molecule has 1 aromatic carbocycles. The maximum Gasteiger partial charge on any atom is 0.390 e. The second kappa shape index (κ2) is 5.88. The average molecular weight is 352 g/mol. The van der Waals surface area contributed by atoms with Crippen molar-refractivity contribution in [3.8, 4) is 0 Å². The molecule has 0 unspecified atom stereocenters. The quantitative estimate of drug-likeness (QED) is 0.821. The van der Waals surface area contributed by atoms with Crippen LogP contribution in [-0.4, -0.2) is 29.6 Å². The van der Waals surface area contributed by atoms with Crippen LogP contribution in [0.5, 0.6) is 0 Å². The van der Waals surface area contributed by atoms with E-state index in [2.05, 4.69) is 0 Å². The smallest absolute Gasteiger partial charge is 0.211 e. The summed E-state index contributed by atoms with van der Waals surface area (Å²) in [7, 11) is -3.08. The lowest BCUT2D eigenvalue weighted by molar-refractivity contribution is -0.132. The summed E-state index contributed by atoms with van der Waals surface area (Å²) < 4.78 is 82.6. The van der Waals surface area contributed by atoms with Gasteiger partial charge in [-0.15, -0.1) is 0 Å². The number of benzene rings is 1. The Bertz CT molecular complexity index is 668. The third-order valence-electron chi connectivity index (χ3n) is 2.12. The largest absolute Gasteiger partial charge is 0.390 e. The van der Waals surface area contributed by atoms with Crippen LogP contribution in [0, 0.1) is 0 Å². The van der Waals surface area contributed by atoms with Crippen molar-refractivity contribution >= 4 is 29.8 Å². The van der Waals surface area contributed by atoms with Crippen molar-refractivity contribution < 1.29 is 30.0 Å². The van der Waals surface area contributed by atoms with Crippen LogP contribution in [0.15, 0.2) is 34.1 Å². The molecule has 0 aliphatic rings. The van der Waals surface area contributed by atoms with E-state index in [1.807, 2.05) is 0 Å². The average Bonchev–Trinajstić information content (AvgIpc) is 2.26. The molecule has 0 spiro atoms. The van der Waals surface area contributed by atoms with Gasteiger partial charge in [0.2, 0.25) is 10.0 Å². The first-order chi connectivity index (χ1) is 8.92. The zero-order valence-electron chi connectivity index (χ0n) is 9.68. The van der Waals surface area contributed by atoms with Gasteiger partial charge < -0.3 is 0 Å². The fraction of sp³-hybridized carbons (Fsp3) is 0.333. The van der Waals surface area contributed by atoms with Crippen LogP contribution in [0.4, 0.5) is 13.2 Å². The van der Waals surface area contributed by atoms with Crippen molar-refractivity contribution in [2.24, 2.45) is 0 Å². The third kappa shape index (κ3) is 5.27. The molecule has 0 aliphatic carbocycles. The lowest BCUT2D eigenvalue weighted by Gasteiger charge is -2.09. The molecule has 0 fully saturated rings. The SMILES string of the molecule is O=S(=O)(Cl)c1ccc(S(=O)(=O)NCCC(F)(F)F)cc1. The standard InChI is InChI=1S/C9H9ClF3NO4S2/c10-19(15,16)7-1-3-8(4-2-7)20(17,18)14-6-5-9(11,12)13/h1-4,14H,5-6H2. The molecular formula is C9H9ClF3NO4S2. The van der Waals surface area contributed by atoms with E-state index in [-0.39, 0.29) is 9.79 Å². The Balaban J connectivity index is 2.84. The van der Waals surface area contributed by atoms with E-state index in [9.17, 15) is 30.0 Å². The first-order valence-electron chi connectivity index (χ1n) is 5.03. The lowest BCUT2D eigenvalue weighted by atomic mass is 10.4. The predicted molar refractivity (Wildman–Crippen MR) is 65.3 cm³/mol. The Kier molecular flexibility index (Phi) is 5.06. The Morgan fingerprint density at radius 2 is 1.45 bits per heavy atom. The predicted octanol–water partition coefficient (Wildman–Crippen LogP) is 1.84. The normalized spacial score (nSPS) is 13.4. The van der Waals surface area contributed by atoms with E-state index in [4.69, 9.17) is 10.7 Å². The van der Waals surface area contributed by atoms with Crippen LogP contribution in [0.2, 0.25) is 0 Å². The molecule has 11 heteroatoms. The second-order valence-electron chi connectivity index (χ2n) is 3.67. The maximum atomic E-state index is 11.9. The number of hydrogen-bond acceptors (Lipinski definition) is 4. The molecule has 1 N–H and O–H groups in total. The van der Waals surface area contributed by atoms with Crippen molar-refractivity contribution in [1.29, 1.82) is 0 Å². The Hall–Kier alpha value is -0.840. The zero-order valence-corrected chi connectivity index (χ0v) is 12.1. The topological polar surface area (TPSA) is 80.3 Å². The third-order valence-corrected chi connectivity index (χ3v) is 4.96. The highest BCUT2D eigenvalue weighted by Gasteiger charge is 2.27. The van der Waals surface area contributed by atoms with Gasteiger partial charge in [-0.05, 0) is 24.3 Å². The van der Waals surface area contributed by atoms with Gasteiger partial charge in [0.1, 0.15) is 0 Å². The Labute approximate surface area is 118 Å². The zero-order chi connectivity index (χ0) is 15.6. The molecule has 0 radical (unpaired) electrons. The van der Waals surface area contributed by atoms with Crippen molar-refractivity contribution in [2.45, 2.75) is 22.4 Å². The number of sulfonamides is 1. The minimum atomic E-state index is -4.47. The van der Waals surface area contributed by atoms with Crippen molar-refractivity contribution in [3.63, 3.8) is 0 Å². The summed E-state index contributed by atoms with van der Waals surface area (Å²) in [5.41, 5.74) is 0. The first kappa shape index (κ1) is 17.2. The molecule has 0 saturated carbocycles. The van der Waals surface area contributed by atoms with Gasteiger partial charge in [-0.3, -0.25) is 0 Å². The van der Waals surface area contributed by atoms with E-state index >= 15 is 0 Å². The Morgan fingerprint density at radius 3 is 1.85 bits per heavy atom. The van der Waals surface area contributed by atoms with E-state index < -0.39 is 38.2 Å². The van der Waals surface area contributed by atoms with Gasteiger partial charge in [0.25, 0.3) is 9.05 Å². The summed E-state index contributed by atoms with van der Waals surface area (Å²) in [6, 6.07) is 3.76. The van der Waals surface area contributed by atoms with E-state index in [0.717, 1.165) is 24.3 Å². The van der Waals surface area contributed by atoms with Gasteiger partial charge in [0.15, 0.2) is 0 Å². The van der Waals surface area contributed by atoms with Crippen LogP contribution in [0.25, 0.3) is 0 Å². The molecule has 0 aliphatic heterocycles. The second-order valence-corrected chi connectivity index (χ2v) is 8.01. The van der Waals surface area contributed by atoms with Gasteiger partial charge >= 0.3 is 6.18 Å². The molecule has 20 heavy (non-hydrogen) atoms. The molecule has 0 heterocycles. The number of hydrogen-bond donors (Lipinski definition) is 1. The molecular weight excluding hydrogens is 343 g/mol. The first-order valence-corrected chi connectivity index (χ1v) is 8.82. The molecule has 0 atom stereocenters. The number of halogens is 4. The minimum Gasteiger partial charge on any atom is -0.211 e. The van der Waals surface area contributed by atoms with Crippen molar-refractivity contribution in [1.82, 2.24) is 4.72 Å². The highest BCUT2D eigenvalue weighted by molar-refractivity contribution is 8.13. The van der Waals surface area contributed by atoms with E-state index in [1.165, 1.54) is 0 Å². The fourth-order valence-electron chi connectivity index (χ4n) is 1.19. The van der Waals surface area contributed by atoms with Crippen LogP contribution < -0.4 is 4.72 Å². The summed E-state index contributed by atoms with van der Waals surface area (Å²) in [4.78, 5) is -0.669. The summed E-state index contributed by atoms with van der Waals surface area (Å²) >= 11 is 0. The number of nitrogens with one attached hydrogen (secondary N) is 1. The molecule has 5 nitrogen and oxygen atoms in total. The monoisotopic (exact) mass is 351 g/mol. The lowest BCUT2D eigenvalue weighted by Crippen LogP contribution is -2.28. The highest BCUT2D eigenvalue weighted by Crippen LogP contribution is 2.20. The summed E-state index contributed by atoms with van der Waals surface area (Å²) in [6.45, 7) is -0.804. The van der Waals surface area contributed by atoms with Crippen LogP contribution in [0.3, 0.4) is 0 Å². The van der Waals surface area contributed by atoms with Crippen LogP contribution in [0.1, 0.15) is 6.42 Å². The van der Waals surface area contributed by atoms with Crippen molar-refractivity contribution in [3.05, 3.63) is 24.3 Å². The summed E-state index contributed by atoms with van der Waals surface area (Å²) in [5, 5.41) is 0. The fourth-order valence-corrected chi connectivity index (χ4v) is 2.99. The minimum absolute atomic E-state index is 0.312.